The third kappa shape index (κ3) is 8.24. The highest BCUT2D eigenvalue weighted by Gasteiger charge is 2.16. The van der Waals surface area contributed by atoms with Crippen molar-refractivity contribution in [2.24, 2.45) is 0 Å². The Kier molecular flexibility index (Phi) is 9.50. The van der Waals surface area contributed by atoms with Crippen LogP contribution in [0.3, 0.4) is 0 Å². The minimum atomic E-state index is 0.828. The minimum absolute atomic E-state index is 0.828. The number of rotatable bonds is 2. The van der Waals surface area contributed by atoms with Crippen LogP contribution in [0.1, 0.15) is 116 Å². The Morgan fingerprint density at radius 2 is 0.571 bits per heavy atom. The normalized spacial score (nSPS) is 26.3. The van der Waals surface area contributed by atoms with Gasteiger partial charge < -0.3 is 5.32 Å². The van der Waals surface area contributed by atoms with E-state index in [1.54, 1.807) is 0 Å². The van der Waals surface area contributed by atoms with Gasteiger partial charge in [0, 0.05) is 12.1 Å². The van der Waals surface area contributed by atoms with Crippen molar-refractivity contribution in [3.63, 3.8) is 0 Å². The zero-order valence-corrected chi connectivity index (χ0v) is 14.4. The van der Waals surface area contributed by atoms with Gasteiger partial charge in [0.05, 0.1) is 0 Å². The van der Waals surface area contributed by atoms with Crippen molar-refractivity contribution in [3.05, 3.63) is 0 Å². The fraction of sp³-hybridized carbons (Fsp3) is 1.00. The first-order valence-corrected chi connectivity index (χ1v) is 10.2. The molecule has 0 radical (unpaired) electrons. The number of hydrogen-bond acceptors (Lipinski definition) is 1. The second-order valence-corrected chi connectivity index (χ2v) is 7.66. The molecule has 1 heteroatoms. The van der Waals surface area contributed by atoms with Crippen molar-refractivity contribution in [2.45, 2.75) is 128 Å². The van der Waals surface area contributed by atoms with Crippen LogP contribution in [0.4, 0.5) is 0 Å². The Hall–Kier alpha value is -0.0400. The molecule has 21 heavy (non-hydrogen) atoms. The SMILES string of the molecule is C1CCCCCC(NC2CCCCCCC2)CCCCC1. The summed E-state index contributed by atoms with van der Waals surface area (Å²) in [5.74, 6) is 0. The van der Waals surface area contributed by atoms with Gasteiger partial charge in [0.15, 0.2) is 0 Å². The molecule has 2 saturated carbocycles. The van der Waals surface area contributed by atoms with Crippen LogP contribution in [-0.4, -0.2) is 12.1 Å². The van der Waals surface area contributed by atoms with Crippen molar-refractivity contribution in [2.75, 3.05) is 0 Å². The maximum atomic E-state index is 4.08. The average Bonchev–Trinajstić information content (AvgIpc) is 2.44. The highest BCUT2D eigenvalue weighted by atomic mass is 14.9. The van der Waals surface area contributed by atoms with Gasteiger partial charge in [-0.25, -0.2) is 0 Å². The second-order valence-electron chi connectivity index (χ2n) is 7.66. The third-order valence-electron chi connectivity index (χ3n) is 5.68. The van der Waals surface area contributed by atoms with Crippen LogP contribution >= 0.6 is 0 Å². The molecule has 0 atom stereocenters. The van der Waals surface area contributed by atoms with E-state index < -0.39 is 0 Å². The Balaban J connectivity index is 1.73. The van der Waals surface area contributed by atoms with E-state index in [-0.39, 0.29) is 0 Å². The molecule has 2 fully saturated rings. The molecule has 0 saturated heterocycles. The largest absolute Gasteiger partial charge is 0.311 e. The zero-order valence-electron chi connectivity index (χ0n) is 14.4. The fourth-order valence-corrected chi connectivity index (χ4v) is 4.29. The van der Waals surface area contributed by atoms with E-state index in [2.05, 4.69) is 5.32 Å². The standard InChI is InChI=1S/C20H39N/c1-2-4-7-11-15-19(16-12-8-5-3-1)21-20-17-13-9-6-10-14-18-20/h19-21H,1-18H2. The molecule has 0 aromatic heterocycles. The molecule has 0 spiro atoms. The summed E-state index contributed by atoms with van der Waals surface area (Å²) in [4.78, 5) is 0. The van der Waals surface area contributed by atoms with Gasteiger partial charge in [-0.05, 0) is 25.7 Å². The Morgan fingerprint density at radius 3 is 0.857 bits per heavy atom. The van der Waals surface area contributed by atoms with Crippen molar-refractivity contribution in [1.29, 1.82) is 0 Å². The topological polar surface area (TPSA) is 12.0 Å². The van der Waals surface area contributed by atoms with Crippen LogP contribution in [0.2, 0.25) is 0 Å². The van der Waals surface area contributed by atoms with E-state index in [0.29, 0.717) is 0 Å². The van der Waals surface area contributed by atoms with Crippen LogP contribution in [0.15, 0.2) is 0 Å². The smallest absolute Gasteiger partial charge is 0.00696 e. The van der Waals surface area contributed by atoms with Gasteiger partial charge in [0.25, 0.3) is 0 Å². The summed E-state index contributed by atoms with van der Waals surface area (Å²) >= 11 is 0. The molecular formula is C20H39N. The second kappa shape index (κ2) is 11.5. The molecule has 2 aliphatic rings. The lowest BCUT2D eigenvalue weighted by Gasteiger charge is -2.28. The molecule has 0 aromatic carbocycles. The predicted molar refractivity (Wildman–Crippen MR) is 93.8 cm³/mol. The Labute approximate surface area is 133 Å². The molecule has 124 valence electrons. The van der Waals surface area contributed by atoms with Crippen molar-refractivity contribution >= 4 is 0 Å². The summed E-state index contributed by atoms with van der Waals surface area (Å²) in [6.45, 7) is 0. The van der Waals surface area contributed by atoms with Gasteiger partial charge >= 0.3 is 0 Å². The molecule has 2 rings (SSSR count). The van der Waals surface area contributed by atoms with Crippen LogP contribution in [-0.2, 0) is 0 Å². The first-order valence-electron chi connectivity index (χ1n) is 10.2. The summed E-state index contributed by atoms with van der Waals surface area (Å²) in [7, 11) is 0. The maximum Gasteiger partial charge on any atom is 0.00696 e. The molecule has 1 N–H and O–H groups in total. The minimum Gasteiger partial charge on any atom is -0.311 e. The molecule has 2 aliphatic carbocycles. The summed E-state index contributed by atoms with van der Waals surface area (Å²) < 4.78 is 0. The highest BCUT2D eigenvalue weighted by Crippen LogP contribution is 2.21. The van der Waals surface area contributed by atoms with Crippen molar-refractivity contribution in [3.8, 4) is 0 Å². The maximum absolute atomic E-state index is 4.08. The lowest BCUT2D eigenvalue weighted by molar-refractivity contribution is 0.318. The van der Waals surface area contributed by atoms with Crippen molar-refractivity contribution in [1.82, 2.24) is 5.32 Å². The molecule has 1 nitrogen and oxygen atoms in total. The van der Waals surface area contributed by atoms with Gasteiger partial charge in [-0.3, -0.25) is 0 Å². The Bertz CT molecular complexity index is 218. The Morgan fingerprint density at radius 1 is 0.333 bits per heavy atom. The molecule has 0 unspecified atom stereocenters. The number of nitrogens with one attached hydrogen (secondary N) is 1. The summed E-state index contributed by atoms with van der Waals surface area (Å²) in [5, 5.41) is 4.08. The predicted octanol–water partition coefficient (Wildman–Crippen LogP) is 6.36. The van der Waals surface area contributed by atoms with Gasteiger partial charge in [-0.1, -0.05) is 89.9 Å². The van der Waals surface area contributed by atoms with Crippen LogP contribution in [0.5, 0.6) is 0 Å². The molecule has 0 aromatic rings. The van der Waals surface area contributed by atoms with Crippen molar-refractivity contribution < 1.29 is 0 Å². The van der Waals surface area contributed by atoms with Crippen LogP contribution < -0.4 is 5.32 Å². The monoisotopic (exact) mass is 293 g/mol. The quantitative estimate of drug-likeness (QED) is 0.624. The average molecular weight is 294 g/mol. The van der Waals surface area contributed by atoms with E-state index in [4.69, 9.17) is 0 Å². The zero-order chi connectivity index (χ0) is 14.6. The number of hydrogen-bond donors (Lipinski definition) is 1. The molecule has 0 amide bonds. The van der Waals surface area contributed by atoms with Gasteiger partial charge in [-0.2, -0.15) is 0 Å². The van der Waals surface area contributed by atoms with E-state index in [0.717, 1.165) is 12.1 Å². The lowest BCUT2D eigenvalue weighted by Crippen LogP contribution is -2.38. The first kappa shape index (κ1) is 17.3. The van der Waals surface area contributed by atoms with Gasteiger partial charge in [0.1, 0.15) is 0 Å². The first-order chi connectivity index (χ1) is 10.4. The molecule has 0 aliphatic heterocycles. The van der Waals surface area contributed by atoms with E-state index in [1.165, 1.54) is 116 Å². The van der Waals surface area contributed by atoms with Gasteiger partial charge in [0.2, 0.25) is 0 Å². The molecule has 0 heterocycles. The van der Waals surface area contributed by atoms with Gasteiger partial charge in [-0.15, -0.1) is 0 Å². The fourth-order valence-electron chi connectivity index (χ4n) is 4.29. The van der Waals surface area contributed by atoms with E-state index in [1.807, 2.05) is 0 Å². The molecular weight excluding hydrogens is 254 g/mol. The van der Waals surface area contributed by atoms with Crippen LogP contribution in [0.25, 0.3) is 0 Å². The lowest BCUT2D eigenvalue weighted by atomic mass is 9.93. The van der Waals surface area contributed by atoms with E-state index in [9.17, 15) is 0 Å². The third-order valence-corrected chi connectivity index (χ3v) is 5.68. The highest BCUT2D eigenvalue weighted by molar-refractivity contribution is 4.76. The van der Waals surface area contributed by atoms with E-state index >= 15 is 0 Å². The summed E-state index contributed by atoms with van der Waals surface area (Å²) in [6, 6.07) is 1.66. The summed E-state index contributed by atoms with van der Waals surface area (Å²) in [5.41, 5.74) is 0. The van der Waals surface area contributed by atoms with Crippen LogP contribution in [0, 0.1) is 0 Å². The molecule has 0 bridgehead atoms. The summed E-state index contributed by atoms with van der Waals surface area (Å²) in [6.07, 6.45) is 26.4.